The molecule has 3 nitrogen and oxygen atoms in total. The standard InChI is InChI=1S/C8H19NO2S/c1-7(2)6-8(9)4-5-12(3,10)11/h7-8H,4-6,9H2,1-3H3. The van der Waals surface area contributed by atoms with Crippen molar-refractivity contribution < 1.29 is 8.42 Å². The van der Waals surface area contributed by atoms with E-state index in [2.05, 4.69) is 13.8 Å². The summed E-state index contributed by atoms with van der Waals surface area (Å²) in [5.41, 5.74) is 5.72. The molecule has 0 bridgehead atoms. The van der Waals surface area contributed by atoms with Gasteiger partial charge in [-0.05, 0) is 18.8 Å². The van der Waals surface area contributed by atoms with Gasteiger partial charge in [0, 0.05) is 12.3 Å². The molecule has 0 spiro atoms. The summed E-state index contributed by atoms with van der Waals surface area (Å²) in [5.74, 6) is 0.750. The maximum absolute atomic E-state index is 10.8. The van der Waals surface area contributed by atoms with Gasteiger partial charge >= 0.3 is 0 Å². The van der Waals surface area contributed by atoms with Crippen LogP contribution in [-0.4, -0.2) is 26.5 Å². The lowest BCUT2D eigenvalue weighted by Crippen LogP contribution is -2.25. The van der Waals surface area contributed by atoms with Crippen molar-refractivity contribution in [1.29, 1.82) is 0 Å². The minimum atomic E-state index is -2.83. The summed E-state index contributed by atoms with van der Waals surface area (Å²) in [5, 5.41) is 0. The maximum Gasteiger partial charge on any atom is 0.147 e. The predicted octanol–water partition coefficient (Wildman–Crippen LogP) is 0.795. The average molecular weight is 193 g/mol. The van der Waals surface area contributed by atoms with E-state index in [0.717, 1.165) is 6.42 Å². The van der Waals surface area contributed by atoms with Crippen LogP contribution in [0.1, 0.15) is 26.7 Å². The van der Waals surface area contributed by atoms with Gasteiger partial charge in [-0.1, -0.05) is 13.8 Å². The number of hydrogen-bond acceptors (Lipinski definition) is 3. The molecule has 1 atom stereocenters. The minimum absolute atomic E-state index is 0.0275. The number of sulfone groups is 1. The van der Waals surface area contributed by atoms with Crippen molar-refractivity contribution in [2.75, 3.05) is 12.0 Å². The normalized spacial score (nSPS) is 15.1. The van der Waals surface area contributed by atoms with E-state index in [1.807, 2.05) is 0 Å². The Labute approximate surface area is 75.3 Å². The monoisotopic (exact) mass is 193 g/mol. The second kappa shape index (κ2) is 4.82. The van der Waals surface area contributed by atoms with Crippen LogP contribution >= 0.6 is 0 Å². The molecule has 2 N–H and O–H groups in total. The van der Waals surface area contributed by atoms with Crippen LogP contribution in [-0.2, 0) is 9.84 Å². The largest absolute Gasteiger partial charge is 0.328 e. The van der Waals surface area contributed by atoms with E-state index in [1.54, 1.807) is 0 Å². The predicted molar refractivity (Wildman–Crippen MR) is 51.8 cm³/mol. The highest BCUT2D eigenvalue weighted by Gasteiger charge is 2.09. The summed E-state index contributed by atoms with van der Waals surface area (Å²) in [6.45, 7) is 4.17. The summed E-state index contributed by atoms with van der Waals surface area (Å²) >= 11 is 0. The van der Waals surface area contributed by atoms with Gasteiger partial charge in [0.25, 0.3) is 0 Å². The maximum atomic E-state index is 10.8. The van der Waals surface area contributed by atoms with Gasteiger partial charge in [-0.25, -0.2) is 8.42 Å². The van der Waals surface area contributed by atoms with Crippen LogP contribution in [0.2, 0.25) is 0 Å². The highest BCUT2D eigenvalue weighted by molar-refractivity contribution is 7.90. The van der Waals surface area contributed by atoms with Crippen LogP contribution in [0.5, 0.6) is 0 Å². The molecular formula is C8H19NO2S. The molecule has 0 radical (unpaired) electrons. The topological polar surface area (TPSA) is 60.2 Å². The van der Waals surface area contributed by atoms with Gasteiger partial charge in [0.1, 0.15) is 9.84 Å². The van der Waals surface area contributed by atoms with Crippen LogP contribution in [0.15, 0.2) is 0 Å². The van der Waals surface area contributed by atoms with Crippen LogP contribution in [0, 0.1) is 5.92 Å². The van der Waals surface area contributed by atoms with Crippen LogP contribution in [0.25, 0.3) is 0 Å². The second-order valence-corrected chi connectivity index (χ2v) is 6.07. The molecule has 74 valence electrons. The third kappa shape index (κ3) is 8.01. The Morgan fingerprint density at radius 1 is 1.33 bits per heavy atom. The molecule has 0 saturated heterocycles. The molecule has 1 unspecified atom stereocenters. The lowest BCUT2D eigenvalue weighted by atomic mass is 10.0. The molecule has 0 saturated carbocycles. The van der Waals surface area contributed by atoms with Gasteiger partial charge in [0.2, 0.25) is 0 Å². The molecule has 0 amide bonds. The van der Waals surface area contributed by atoms with E-state index in [0.29, 0.717) is 12.3 Å². The first-order chi connectivity index (χ1) is 5.31. The van der Waals surface area contributed by atoms with E-state index in [9.17, 15) is 8.42 Å². The summed E-state index contributed by atoms with van der Waals surface area (Å²) in [4.78, 5) is 0. The van der Waals surface area contributed by atoms with E-state index >= 15 is 0 Å². The lowest BCUT2D eigenvalue weighted by molar-refractivity contribution is 0.484. The average Bonchev–Trinajstić information content (AvgIpc) is 1.80. The second-order valence-electron chi connectivity index (χ2n) is 3.81. The van der Waals surface area contributed by atoms with Gasteiger partial charge in [-0.2, -0.15) is 0 Å². The molecule has 0 aromatic heterocycles. The van der Waals surface area contributed by atoms with E-state index < -0.39 is 9.84 Å². The number of nitrogens with two attached hydrogens (primary N) is 1. The van der Waals surface area contributed by atoms with Crippen molar-refractivity contribution in [3.8, 4) is 0 Å². The van der Waals surface area contributed by atoms with E-state index in [1.165, 1.54) is 6.26 Å². The lowest BCUT2D eigenvalue weighted by Gasteiger charge is -2.12. The summed E-state index contributed by atoms with van der Waals surface area (Å²) in [6, 6.07) is 0.0275. The Balaban J connectivity index is 3.65. The summed E-state index contributed by atoms with van der Waals surface area (Å²) in [6.07, 6.45) is 2.72. The fraction of sp³-hybridized carbons (Fsp3) is 1.00. The SMILES string of the molecule is CC(C)CC(N)CCS(C)(=O)=O. The summed E-state index contributed by atoms with van der Waals surface area (Å²) in [7, 11) is -2.83. The van der Waals surface area contributed by atoms with Crippen molar-refractivity contribution in [2.24, 2.45) is 11.7 Å². The quantitative estimate of drug-likeness (QED) is 0.702. The molecule has 0 fully saturated rings. The Kier molecular flexibility index (Phi) is 4.78. The third-order valence-electron chi connectivity index (χ3n) is 1.63. The van der Waals surface area contributed by atoms with Crippen LogP contribution < -0.4 is 5.73 Å². The van der Waals surface area contributed by atoms with Crippen molar-refractivity contribution in [3.05, 3.63) is 0 Å². The Morgan fingerprint density at radius 3 is 2.17 bits per heavy atom. The molecule has 0 aliphatic carbocycles. The Bertz CT molecular complexity index is 209. The number of rotatable bonds is 5. The molecule has 0 aromatic rings. The highest BCUT2D eigenvalue weighted by atomic mass is 32.2. The Morgan fingerprint density at radius 2 is 1.83 bits per heavy atom. The molecule has 0 rings (SSSR count). The van der Waals surface area contributed by atoms with Gasteiger partial charge in [-0.3, -0.25) is 0 Å². The Hall–Kier alpha value is -0.0900. The molecule has 4 heteroatoms. The van der Waals surface area contributed by atoms with Crippen molar-refractivity contribution >= 4 is 9.84 Å². The zero-order chi connectivity index (χ0) is 9.78. The first-order valence-corrected chi connectivity index (χ1v) is 6.30. The first-order valence-electron chi connectivity index (χ1n) is 4.24. The van der Waals surface area contributed by atoms with Crippen LogP contribution in [0.4, 0.5) is 0 Å². The van der Waals surface area contributed by atoms with Gasteiger partial charge < -0.3 is 5.73 Å². The summed E-state index contributed by atoms with van der Waals surface area (Å²) < 4.78 is 21.5. The van der Waals surface area contributed by atoms with Crippen molar-refractivity contribution in [1.82, 2.24) is 0 Å². The van der Waals surface area contributed by atoms with Gasteiger partial charge in [-0.15, -0.1) is 0 Å². The molecule has 0 aliphatic rings. The fourth-order valence-corrected chi connectivity index (χ4v) is 1.82. The molecule has 12 heavy (non-hydrogen) atoms. The number of hydrogen-bond donors (Lipinski definition) is 1. The minimum Gasteiger partial charge on any atom is -0.328 e. The molecule has 0 aromatic carbocycles. The molecule has 0 heterocycles. The van der Waals surface area contributed by atoms with Crippen molar-refractivity contribution in [3.63, 3.8) is 0 Å². The zero-order valence-corrected chi connectivity index (χ0v) is 8.89. The first kappa shape index (κ1) is 11.9. The third-order valence-corrected chi connectivity index (χ3v) is 2.61. The van der Waals surface area contributed by atoms with E-state index in [-0.39, 0.29) is 11.8 Å². The highest BCUT2D eigenvalue weighted by Crippen LogP contribution is 2.06. The van der Waals surface area contributed by atoms with Gasteiger partial charge in [0.05, 0.1) is 5.75 Å². The fourth-order valence-electron chi connectivity index (χ4n) is 1.09. The molecular weight excluding hydrogens is 174 g/mol. The van der Waals surface area contributed by atoms with E-state index in [4.69, 9.17) is 5.73 Å². The smallest absolute Gasteiger partial charge is 0.147 e. The van der Waals surface area contributed by atoms with Crippen LogP contribution in [0.3, 0.4) is 0 Å². The van der Waals surface area contributed by atoms with Gasteiger partial charge in [0.15, 0.2) is 0 Å². The zero-order valence-electron chi connectivity index (χ0n) is 8.08. The van der Waals surface area contributed by atoms with Crippen molar-refractivity contribution in [2.45, 2.75) is 32.7 Å². The molecule has 0 aliphatic heterocycles.